The molecule has 0 aromatic rings. The molecule has 0 heteroatoms. The summed E-state index contributed by atoms with van der Waals surface area (Å²) in [6.45, 7) is 4.80. The molecular formula is C9H15. The maximum absolute atomic E-state index is 2.40. The Bertz CT molecular complexity index is 115. The maximum Gasteiger partial charge on any atom is -0.0179 e. The van der Waals surface area contributed by atoms with E-state index in [1.807, 2.05) is 5.92 Å². The van der Waals surface area contributed by atoms with Gasteiger partial charge in [0.05, 0.1) is 0 Å². The van der Waals surface area contributed by atoms with Gasteiger partial charge >= 0.3 is 0 Å². The van der Waals surface area contributed by atoms with E-state index in [2.05, 4.69) is 13.8 Å². The Morgan fingerprint density at radius 1 is 1.33 bits per heavy atom. The summed E-state index contributed by atoms with van der Waals surface area (Å²) in [7, 11) is 0. The quantitative estimate of drug-likeness (QED) is 0.464. The van der Waals surface area contributed by atoms with E-state index in [0.29, 0.717) is 5.41 Å². The lowest BCUT2D eigenvalue weighted by Gasteiger charge is -2.51. The third-order valence-electron chi connectivity index (χ3n) is 3.20. The fourth-order valence-electron chi connectivity index (χ4n) is 2.14. The summed E-state index contributed by atoms with van der Waals surface area (Å²) in [5, 5.41) is 0. The zero-order valence-electron chi connectivity index (χ0n) is 6.41. The zero-order valence-corrected chi connectivity index (χ0v) is 6.41. The van der Waals surface area contributed by atoms with Crippen molar-refractivity contribution in [3.8, 4) is 0 Å². The predicted octanol–water partition coefficient (Wildman–Crippen LogP) is 2.79. The van der Waals surface area contributed by atoms with Crippen molar-refractivity contribution >= 4 is 0 Å². The average Bonchev–Trinajstić information content (AvgIpc) is 1.58. The molecule has 0 unspecified atom stereocenters. The number of hydrogen-bond donors (Lipinski definition) is 0. The molecule has 3 fully saturated rings. The molecule has 3 aliphatic rings. The summed E-state index contributed by atoms with van der Waals surface area (Å²) in [4.78, 5) is 0. The van der Waals surface area contributed by atoms with Crippen LogP contribution in [0, 0.1) is 17.3 Å². The van der Waals surface area contributed by atoms with Gasteiger partial charge in [-0.05, 0) is 42.9 Å². The van der Waals surface area contributed by atoms with E-state index in [0.717, 1.165) is 5.92 Å². The lowest BCUT2D eigenvalue weighted by Crippen LogP contribution is -2.39. The van der Waals surface area contributed by atoms with Crippen molar-refractivity contribution in [2.45, 2.75) is 39.5 Å². The molecule has 0 amide bonds. The molecule has 0 heterocycles. The minimum atomic E-state index is 0.620. The van der Waals surface area contributed by atoms with E-state index < -0.39 is 0 Å². The second kappa shape index (κ2) is 1.53. The van der Waals surface area contributed by atoms with Crippen LogP contribution in [0.5, 0.6) is 0 Å². The van der Waals surface area contributed by atoms with Gasteiger partial charge in [-0.1, -0.05) is 13.8 Å². The Hall–Kier alpha value is 0. The van der Waals surface area contributed by atoms with E-state index >= 15 is 0 Å². The topological polar surface area (TPSA) is 0 Å². The highest BCUT2D eigenvalue weighted by Gasteiger charge is 2.44. The van der Waals surface area contributed by atoms with Crippen molar-refractivity contribution in [1.82, 2.24) is 0 Å². The Morgan fingerprint density at radius 3 is 2.22 bits per heavy atom. The minimum Gasteiger partial charge on any atom is -0.0594 e. The molecule has 0 aromatic heterocycles. The molecule has 0 aromatic carbocycles. The smallest absolute Gasteiger partial charge is 0.0179 e. The standard InChI is InChI=1S/C9H15/c1-9(2)4-3-7-5-8(9)6-7/h7H,3-6H2,1-2H3. The van der Waals surface area contributed by atoms with E-state index in [1.54, 1.807) is 0 Å². The first kappa shape index (κ1) is 5.76. The molecule has 0 N–H and O–H groups in total. The van der Waals surface area contributed by atoms with E-state index in [1.165, 1.54) is 25.7 Å². The van der Waals surface area contributed by atoms with Crippen molar-refractivity contribution in [2.24, 2.45) is 11.3 Å². The van der Waals surface area contributed by atoms with Crippen LogP contribution in [0.3, 0.4) is 0 Å². The van der Waals surface area contributed by atoms with Gasteiger partial charge in [-0.2, -0.15) is 0 Å². The molecule has 0 nitrogen and oxygen atoms in total. The van der Waals surface area contributed by atoms with Gasteiger partial charge in [0.25, 0.3) is 0 Å². The van der Waals surface area contributed by atoms with Gasteiger partial charge in [0.1, 0.15) is 0 Å². The molecule has 0 atom stereocenters. The zero-order chi connectivity index (χ0) is 6.48. The van der Waals surface area contributed by atoms with E-state index in [-0.39, 0.29) is 0 Å². The van der Waals surface area contributed by atoms with Crippen molar-refractivity contribution in [2.75, 3.05) is 0 Å². The van der Waals surface area contributed by atoms with Crippen LogP contribution in [-0.4, -0.2) is 0 Å². The van der Waals surface area contributed by atoms with Crippen LogP contribution in [0.25, 0.3) is 0 Å². The maximum atomic E-state index is 2.40. The van der Waals surface area contributed by atoms with Crippen LogP contribution in [0.4, 0.5) is 0 Å². The minimum absolute atomic E-state index is 0.620. The monoisotopic (exact) mass is 123 g/mol. The van der Waals surface area contributed by atoms with Crippen molar-refractivity contribution in [1.29, 1.82) is 0 Å². The fourth-order valence-corrected chi connectivity index (χ4v) is 2.14. The van der Waals surface area contributed by atoms with Crippen LogP contribution in [0.2, 0.25) is 0 Å². The molecule has 3 aliphatic carbocycles. The van der Waals surface area contributed by atoms with Gasteiger partial charge < -0.3 is 0 Å². The van der Waals surface area contributed by atoms with E-state index in [4.69, 9.17) is 0 Å². The highest BCUT2D eigenvalue weighted by Crippen LogP contribution is 2.56. The van der Waals surface area contributed by atoms with Gasteiger partial charge in [0, 0.05) is 0 Å². The summed E-state index contributed by atoms with van der Waals surface area (Å²) in [6.07, 6.45) is 5.88. The van der Waals surface area contributed by atoms with Gasteiger partial charge in [-0.3, -0.25) is 0 Å². The Labute approximate surface area is 57.6 Å². The van der Waals surface area contributed by atoms with Gasteiger partial charge in [-0.25, -0.2) is 0 Å². The van der Waals surface area contributed by atoms with Crippen molar-refractivity contribution < 1.29 is 0 Å². The van der Waals surface area contributed by atoms with Gasteiger partial charge in [-0.15, -0.1) is 0 Å². The van der Waals surface area contributed by atoms with Crippen LogP contribution in [0.1, 0.15) is 39.5 Å². The summed E-state index contributed by atoms with van der Waals surface area (Å²) in [5.74, 6) is 2.95. The SMILES string of the molecule is CC1(C)CCC2C[C]1C2. The largest absolute Gasteiger partial charge is 0.0594 e. The van der Waals surface area contributed by atoms with Crippen LogP contribution in [-0.2, 0) is 0 Å². The first-order valence-electron chi connectivity index (χ1n) is 4.04. The highest BCUT2D eigenvalue weighted by molar-refractivity contribution is 5.16. The third-order valence-corrected chi connectivity index (χ3v) is 3.20. The molecule has 1 radical (unpaired) electrons. The van der Waals surface area contributed by atoms with Crippen molar-refractivity contribution in [3.05, 3.63) is 5.92 Å². The molecule has 2 bridgehead atoms. The first-order valence-corrected chi connectivity index (χ1v) is 4.04. The molecule has 0 spiro atoms. The van der Waals surface area contributed by atoms with Crippen LogP contribution in [0.15, 0.2) is 0 Å². The second-order valence-electron chi connectivity index (χ2n) is 4.30. The Balaban J connectivity index is 2.10. The Morgan fingerprint density at radius 2 is 2.00 bits per heavy atom. The first-order chi connectivity index (χ1) is 4.18. The number of fused-ring (bicyclic) bond motifs is 2. The van der Waals surface area contributed by atoms with Crippen LogP contribution >= 0.6 is 0 Å². The predicted molar refractivity (Wildman–Crippen MR) is 39.0 cm³/mol. The molecule has 51 valence electrons. The summed E-state index contributed by atoms with van der Waals surface area (Å²) in [6, 6.07) is 0. The number of hydrogen-bond acceptors (Lipinski definition) is 0. The highest BCUT2D eigenvalue weighted by atomic mass is 14.5. The molecule has 0 saturated heterocycles. The molecule has 3 saturated carbocycles. The lowest BCUT2D eigenvalue weighted by molar-refractivity contribution is 0.124. The molecular weight excluding hydrogens is 108 g/mol. The third kappa shape index (κ3) is 0.720. The molecule has 9 heavy (non-hydrogen) atoms. The Kier molecular flexibility index (Phi) is 0.980. The molecule has 3 rings (SSSR count). The summed E-state index contributed by atoms with van der Waals surface area (Å²) >= 11 is 0. The van der Waals surface area contributed by atoms with Gasteiger partial charge in [0.2, 0.25) is 0 Å². The second-order valence-corrected chi connectivity index (χ2v) is 4.30. The normalized spacial score (nSPS) is 34.0. The molecule has 0 aliphatic heterocycles. The van der Waals surface area contributed by atoms with Gasteiger partial charge in [0.15, 0.2) is 0 Å². The number of rotatable bonds is 0. The van der Waals surface area contributed by atoms with Crippen LogP contribution < -0.4 is 0 Å². The van der Waals surface area contributed by atoms with Crippen molar-refractivity contribution in [3.63, 3.8) is 0 Å². The summed E-state index contributed by atoms with van der Waals surface area (Å²) < 4.78 is 0. The van der Waals surface area contributed by atoms with E-state index in [9.17, 15) is 0 Å². The fraction of sp³-hybridized carbons (Fsp3) is 0.889. The summed E-state index contributed by atoms with van der Waals surface area (Å²) in [5.41, 5.74) is 0.620. The average molecular weight is 123 g/mol. The lowest BCUT2D eigenvalue weighted by atomic mass is 9.54.